The first-order valence-electron chi connectivity index (χ1n) is 9.81. The normalized spacial score (nSPS) is 12.4. The molecule has 2 heterocycles. The van der Waals surface area contributed by atoms with Crippen LogP contribution in [0.4, 0.5) is 26.3 Å². The van der Waals surface area contributed by atoms with E-state index in [1.165, 1.54) is 6.26 Å². The first kappa shape index (κ1) is 21.7. The Morgan fingerprint density at radius 2 is 1.29 bits per heavy atom. The molecule has 4 nitrogen and oxygen atoms in total. The molecule has 5 rings (SSSR count). The van der Waals surface area contributed by atoms with Crippen LogP contribution in [0.2, 0.25) is 0 Å². The van der Waals surface area contributed by atoms with Crippen molar-refractivity contribution in [2.45, 2.75) is 12.4 Å². The van der Waals surface area contributed by atoms with E-state index >= 15 is 0 Å². The van der Waals surface area contributed by atoms with Gasteiger partial charge in [-0.3, -0.25) is 0 Å². The maximum atomic E-state index is 13.6. The maximum absolute atomic E-state index is 13.6. The van der Waals surface area contributed by atoms with Gasteiger partial charge in [0.15, 0.2) is 11.5 Å². The van der Waals surface area contributed by atoms with E-state index in [2.05, 4.69) is 10.2 Å². The van der Waals surface area contributed by atoms with Crippen LogP contribution >= 0.6 is 0 Å². The molecule has 0 N–H and O–H groups in total. The number of para-hydroxylation sites is 1. The molecule has 0 saturated carbocycles. The lowest BCUT2D eigenvalue weighted by atomic mass is 10.0. The van der Waals surface area contributed by atoms with Crippen molar-refractivity contribution in [2.24, 2.45) is 0 Å². The summed E-state index contributed by atoms with van der Waals surface area (Å²) in [7, 11) is 0. The van der Waals surface area contributed by atoms with Crippen LogP contribution in [0, 0.1) is 0 Å². The first-order chi connectivity index (χ1) is 16.1. The van der Waals surface area contributed by atoms with Crippen LogP contribution in [0.1, 0.15) is 11.1 Å². The van der Waals surface area contributed by atoms with Gasteiger partial charge in [0.25, 0.3) is 0 Å². The summed E-state index contributed by atoms with van der Waals surface area (Å²) in [6.45, 7) is 0. The lowest BCUT2D eigenvalue weighted by Crippen LogP contribution is -2.14. The van der Waals surface area contributed by atoms with Gasteiger partial charge in [-0.15, -0.1) is 10.2 Å². The van der Waals surface area contributed by atoms with Crippen molar-refractivity contribution in [3.8, 4) is 23.1 Å². The highest BCUT2D eigenvalue weighted by atomic mass is 19.4. The van der Waals surface area contributed by atoms with Crippen LogP contribution < -0.4 is 4.74 Å². The molecular formula is C24H12F6N2O2. The molecule has 0 aliphatic carbocycles. The second-order valence-electron chi connectivity index (χ2n) is 7.36. The fourth-order valence-corrected chi connectivity index (χ4v) is 3.68. The fourth-order valence-electron chi connectivity index (χ4n) is 3.68. The molecule has 0 saturated heterocycles. The molecule has 0 spiro atoms. The number of aromatic nitrogens is 2. The molecule has 0 bridgehead atoms. The third-order valence-electron chi connectivity index (χ3n) is 5.19. The molecule has 3 aromatic carbocycles. The minimum Gasteiger partial charge on any atom is -0.463 e. The van der Waals surface area contributed by atoms with Crippen LogP contribution in [-0.2, 0) is 12.4 Å². The Bertz CT molecular complexity index is 1480. The van der Waals surface area contributed by atoms with Crippen molar-refractivity contribution >= 4 is 21.5 Å². The van der Waals surface area contributed by atoms with Crippen molar-refractivity contribution in [1.82, 2.24) is 10.2 Å². The van der Waals surface area contributed by atoms with Crippen molar-refractivity contribution in [2.75, 3.05) is 0 Å². The highest BCUT2D eigenvalue weighted by Crippen LogP contribution is 2.46. The van der Waals surface area contributed by atoms with E-state index in [9.17, 15) is 26.3 Å². The summed E-state index contributed by atoms with van der Waals surface area (Å²) in [5.74, 6) is -1.57. The first-order valence-corrected chi connectivity index (χ1v) is 9.81. The molecule has 0 radical (unpaired) electrons. The number of furan rings is 1. The van der Waals surface area contributed by atoms with Crippen molar-refractivity contribution in [3.63, 3.8) is 0 Å². The molecule has 34 heavy (non-hydrogen) atoms. The summed E-state index contributed by atoms with van der Waals surface area (Å²) in [6, 6.07) is 15.3. The van der Waals surface area contributed by atoms with Crippen LogP contribution in [0.15, 0.2) is 77.4 Å². The SMILES string of the molecule is FC(F)(F)c1cccc(C(F)(F)F)c1Oc1nnc(-c2ccco2)c2cc3ccccc3cc12. The molecular weight excluding hydrogens is 462 g/mol. The second-order valence-corrected chi connectivity index (χ2v) is 7.36. The fraction of sp³-hybridized carbons (Fsp3) is 0.0833. The predicted molar refractivity (Wildman–Crippen MR) is 111 cm³/mol. The summed E-state index contributed by atoms with van der Waals surface area (Å²) in [6.07, 6.45) is -8.79. The molecule has 0 aliphatic heterocycles. The van der Waals surface area contributed by atoms with Gasteiger partial charge in [-0.2, -0.15) is 26.3 Å². The van der Waals surface area contributed by atoms with Gasteiger partial charge in [-0.05, 0) is 47.2 Å². The van der Waals surface area contributed by atoms with E-state index in [1.807, 2.05) is 6.07 Å². The zero-order chi connectivity index (χ0) is 24.1. The molecule has 0 amide bonds. The minimum absolute atomic E-state index is 0.171. The van der Waals surface area contributed by atoms with Crippen molar-refractivity contribution in [3.05, 3.63) is 84.1 Å². The number of nitrogens with zero attached hydrogens (tertiary/aromatic N) is 2. The molecule has 0 fully saturated rings. The number of fused-ring (bicyclic) bond motifs is 2. The smallest absolute Gasteiger partial charge is 0.420 e. The van der Waals surface area contributed by atoms with E-state index in [-0.39, 0.29) is 11.1 Å². The Morgan fingerprint density at radius 3 is 1.85 bits per heavy atom. The largest absolute Gasteiger partial charge is 0.463 e. The van der Waals surface area contributed by atoms with Crippen molar-refractivity contribution in [1.29, 1.82) is 0 Å². The molecule has 172 valence electrons. The number of ether oxygens (including phenoxy) is 1. The van der Waals surface area contributed by atoms with Gasteiger partial charge < -0.3 is 9.15 Å². The second kappa shape index (κ2) is 7.75. The lowest BCUT2D eigenvalue weighted by Gasteiger charge is -2.19. The topological polar surface area (TPSA) is 48.2 Å². The molecule has 10 heteroatoms. The van der Waals surface area contributed by atoms with Gasteiger partial charge in [-0.1, -0.05) is 30.3 Å². The Morgan fingerprint density at radius 1 is 0.676 bits per heavy atom. The Balaban J connectivity index is 1.78. The quantitative estimate of drug-likeness (QED) is 0.197. The predicted octanol–water partition coefficient (Wildman–Crippen LogP) is 7.87. The molecule has 0 unspecified atom stereocenters. The van der Waals surface area contributed by atoms with Gasteiger partial charge in [0.2, 0.25) is 5.88 Å². The van der Waals surface area contributed by atoms with Crippen LogP contribution in [0.25, 0.3) is 33.0 Å². The summed E-state index contributed by atoms with van der Waals surface area (Å²) >= 11 is 0. The Kier molecular flexibility index (Phi) is 4.96. The summed E-state index contributed by atoms with van der Waals surface area (Å²) in [5.41, 5.74) is -2.89. The minimum atomic E-state index is -5.10. The van der Waals surface area contributed by atoms with Gasteiger partial charge >= 0.3 is 12.4 Å². The molecule has 0 aliphatic rings. The summed E-state index contributed by atoms with van der Waals surface area (Å²) < 4.78 is 92.2. The van der Waals surface area contributed by atoms with Gasteiger partial charge in [0.05, 0.1) is 17.4 Å². The molecule has 0 atom stereocenters. The van der Waals surface area contributed by atoms with E-state index in [1.54, 1.807) is 42.5 Å². The van der Waals surface area contributed by atoms with E-state index < -0.39 is 35.1 Å². The zero-order valence-corrected chi connectivity index (χ0v) is 16.9. The summed E-state index contributed by atoms with van der Waals surface area (Å²) in [4.78, 5) is 0. The maximum Gasteiger partial charge on any atom is 0.420 e. The highest BCUT2D eigenvalue weighted by molar-refractivity contribution is 6.05. The van der Waals surface area contributed by atoms with E-state index in [0.29, 0.717) is 34.7 Å². The standard InChI is InChI=1S/C24H12F6N2O2/c25-23(26,27)17-7-3-8-18(24(28,29)30)21(17)34-22-16-12-14-6-2-1-5-13(14)11-15(16)20(31-32-22)19-9-4-10-33-19/h1-12H. The van der Waals surface area contributed by atoms with Gasteiger partial charge in [-0.25, -0.2) is 0 Å². The monoisotopic (exact) mass is 474 g/mol. The number of halogens is 6. The highest BCUT2D eigenvalue weighted by Gasteiger charge is 2.42. The lowest BCUT2D eigenvalue weighted by molar-refractivity contribution is -0.145. The Labute approximate surface area is 187 Å². The average molecular weight is 474 g/mol. The molecule has 2 aromatic heterocycles. The number of benzene rings is 3. The number of hydrogen-bond donors (Lipinski definition) is 0. The number of hydrogen-bond acceptors (Lipinski definition) is 4. The van der Waals surface area contributed by atoms with Crippen molar-refractivity contribution < 1.29 is 35.5 Å². The third-order valence-corrected chi connectivity index (χ3v) is 5.19. The number of alkyl halides is 6. The molecule has 5 aromatic rings. The zero-order valence-electron chi connectivity index (χ0n) is 16.9. The summed E-state index contributed by atoms with van der Waals surface area (Å²) in [5, 5.41) is 9.86. The van der Waals surface area contributed by atoms with Crippen LogP contribution in [0.3, 0.4) is 0 Å². The number of rotatable bonds is 3. The van der Waals surface area contributed by atoms with E-state index in [0.717, 1.165) is 5.39 Å². The van der Waals surface area contributed by atoms with Crippen LogP contribution in [-0.4, -0.2) is 10.2 Å². The van der Waals surface area contributed by atoms with Gasteiger partial charge in [0, 0.05) is 10.8 Å². The Hall–Kier alpha value is -4.08. The van der Waals surface area contributed by atoms with E-state index in [4.69, 9.17) is 9.15 Å². The average Bonchev–Trinajstić information content (AvgIpc) is 3.31. The third kappa shape index (κ3) is 3.81. The van der Waals surface area contributed by atoms with Gasteiger partial charge in [0.1, 0.15) is 5.69 Å². The van der Waals surface area contributed by atoms with Crippen LogP contribution in [0.5, 0.6) is 11.6 Å².